The van der Waals surface area contributed by atoms with E-state index in [4.69, 9.17) is 0 Å². The molecule has 0 heterocycles. The molecular formula is C20H27N. The Hall–Kier alpha value is -1.60. The lowest BCUT2D eigenvalue weighted by molar-refractivity contribution is 0.415. The second-order valence-electron chi connectivity index (χ2n) is 5.89. The van der Waals surface area contributed by atoms with Crippen LogP contribution < -0.4 is 5.32 Å². The van der Waals surface area contributed by atoms with E-state index >= 15 is 0 Å². The smallest absolute Gasteiger partial charge is 0.0107 e. The molecule has 0 fully saturated rings. The molecule has 0 spiro atoms. The van der Waals surface area contributed by atoms with E-state index in [1.807, 2.05) is 0 Å². The molecule has 2 atom stereocenters. The fourth-order valence-corrected chi connectivity index (χ4v) is 2.73. The Balaban J connectivity index is 1.78. The van der Waals surface area contributed by atoms with Crippen molar-refractivity contribution in [2.24, 2.45) is 0 Å². The normalized spacial score (nSPS) is 13.8. The van der Waals surface area contributed by atoms with Crippen LogP contribution >= 0.6 is 0 Å². The number of hydrogen-bond acceptors (Lipinski definition) is 1. The van der Waals surface area contributed by atoms with E-state index < -0.39 is 0 Å². The molecule has 0 aliphatic carbocycles. The summed E-state index contributed by atoms with van der Waals surface area (Å²) in [5.74, 6) is 0. The van der Waals surface area contributed by atoms with Gasteiger partial charge >= 0.3 is 0 Å². The maximum Gasteiger partial charge on any atom is 0.0107 e. The Morgan fingerprint density at radius 1 is 0.857 bits per heavy atom. The quantitative estimate of drug-likeness (QED) is 0.744. The third kappa shape index (κ3) is 5.73. The van der Waals surface area contributed by atoms with Crippen LogP contribution in [-0.2, 0) is 12.8 Å². The van der Waals surface area contributed by atoms with Crippen molar-refractivity contribution in [2.45, 2.75) is 51.6 Å². The van der Waals surface area contributed by atoms with Gasteiger partial charge in [-0.2, -0.15) is 0 Å². The molecular weight excluding hydrogens is 254 g/mol. The van der Waals surface area contributed by atoms with Crippen molar-refractivity contribution in [2.75, 3.05) is 0 Å². The van der Waals surface area contributed by atoms with Crippen LogP contribution in [0.2, 0.25) is 0 Å². The van der Waals surface area contributed by atoms with Gasteiger partial charge in [0, 0.05) is 12.1 Å². The van der Waals surface area contributed by atoms with Crippen LogP contribution in [0.25, 0.3) is 0 Å². The number of aryl methyl sites for hydroxylation is 1. The highest BCUT2D eigenvalue weighted by Gasteiger charge is 2.11. The van der Waals surface area contributed by atoms with Gasteiger partial charge in [-0.1, -0.05) is 67.6 Å². The summed E-state index contributed by atoms with van der Waals surface area (Å²) in [4.78, 5) is 0. The average Bonchev–Trinajstić information content (AvgIpc) is 2.54. The summed E-state index contributed by atoms with van der Waals surface area (Å²) in [5, 5.41) is 3.79. The van der Waals surface area contributed by atoms with E-state index in [2.05, 4.69) is 79.8 Å². The minimum atomic E-state index is 0.555. The standard InChI is InChI=1S/C20H27N/c1-3-20(16-19-12-8-5-9-13-19)21-17(2)14-15-18-10-6-4-7-11-18/h4-13,17,20-21H,3,14-16H2,1-2H3. The fourth-order valence-electron chi connectivity index (χ4n) is 2.73. The molecule has 2 rings (SSSR count). The van der Waals surface area contributed by atoms with E-state index in [0.717, 1.165) is 12.8 Å². The largest absolute Gasteiger partial charge is 0.311 e. The molecule has 0 radical (unpaired) electrons. The molecule has 21 heavy (non-hydrogen) atoms. The molecule has 112 valence electrons. The van der Waals surface area contributed by atoms with Crippen molar-refractivity contribution in [1.29, 1.82) is 0 Å². The van der Waals surface area contributed by atoms with Gasteiger partial charge in [-0.3, -0.25) is 0 Å². The van der Waals surface area contributed by atoms with E-state index in [1.54, 1.807) is 0 Å². The number of nitrogens with one attached hydrogen (secondary N) is 1. The molecule has 0 bridgehead atoms. The lowest BCUT2D eigenvalue weighted by Crippen LogP contribution is -2.37. The van der Waals surface area contributed by atoms with Crippen molar-refractivity contribution >= 4 is 0 Å². The van der Waals surface area contributed by atoms with E-state index in [0.29, 0.717) is 12.1 Å². The van der Waals surface area contributed by atoms with E-state index in [9.17, 15) is 0 Å². The number of benzene rings is 2. The van der Waals surface area contributed by atoms with Crippen molar-refractivity contribution in [1.82, 2.24) is 5.32 Å². The summed E-state index contributed by atoms with van der Waals surface area (Å²) in [6, 6.07) is 22.7. The third-order valence-electron chi connectivity index (χ3n) is 4.05. The minimum absolute atomic E-state index is 0.555. The van der Waals surface area contributed by atoms with Gasteiger partial charge in [0.25, 0.3) is 0 Å². The first-order chi connectivity index (χ1) is 10.3. The molecule has 2 aromatic rings. The van der Waals surface area contributed by atoms with Crippen LogP contribution in [0.3, 0.4) is 0 Å². The molecule has 0 aliphatic heterocycles. The van der Waals surface area contributed by atoms with Crippen molar-refractivity contribution in [3.05, 3.63) is 71.8 Å². The highest BCUT2D eigenvalue weighted by Crippen LogP contribution is 2.09. The number of hydrogen-bond donors (Lipinski definition) is 1. The van der Waals surface area contributed by atoms with Gasteiger partial charge in [-0.15, -0.1) is 0 Å². The zero-order valence-electron chi connectivity index (χ0n) is 13.3. The van der Waals surface area contributed by atoms with Gasteiger partial charge in [-0.05, 0) is 43.7 Å². The maximum absolute atomic E-state index is 3.79. The Morgan fingerprint density at radius 2 is 1.43 bits per heavy atom. The summed E-state index contributed by atoms with van der Waals surface area (Å²) in [7, 11) is 0. The fraction of sp³-hybridized carbons (Fsp3) is 0.400. The second-order valence-corrected chi connectivity index (χ2v) is 5.89. The summed E-state index contributed by atoms with van der Waals surface area (Å²) in [5.41, 5.74) is 2.86. The van der Waals surface area contributed by atoms with Crippen LogP contribution in [-0.4, -0.2) is 12.1 Å². The van der Waals surface area contributed by atoms with E-state index in [1.165, 1.54) is 24.0 Å². The molecule has 2 unspecified atom stereocenters. The van der Waals surface area contributed by atoms with Gasteiger partial charge in [-0.25, -0.2) is 0 Å². The summed E-state index contributed by atoms with van der Waals surface area (Å²) >= 11 is 0. The zero-order valence-corrected chi connectivity index (χ0v) is 13.3. The van der Waals surface area contributed by atoms with Crippen LogP contribution in [0.1, 0.15) is 37.8 Å². The molecule has 0 aliphatic rings. The van der Waals surface area contributed by atoms with Crippen molar-refractivity contribution < 1.29 is 0 Å². The molecule has 1 N–H and O–H groups in total. The Morgan fingerprint density at radius 3 is 2.00 bits per heavy atom. The first-order valence-electron chi connectivity index (χ1n) is 8.12. The molecule has 2 aromatic carbocycles. The molecule has 1 heteroatoms. The third-order valence-corrected chi connectivity index (χ3v) is 4.05. The minimum Gasteiger partial charge on any atom is -0.311 e. The highest BCUT2D eigenvalue weighted by atomic mass is 14.9. The van der Waals surface area contributed by atoms with Gasteiger partial charge in [0.1, 0.15) is 0 Å². The maximum atomic E-state index is 3.79. The van der Waals surface area contributed by atoms with Gasteiger partial charge in [0.15, 0.2) is 0 Å². The Kier molecular flexibility index (Phi) is 6.49. The first-order valence-corrected chi connectivity index (χ1v) is 8.12. The monoisotopic (exact) mass is 281 g/mol. The van der Waals surface area contributed by atoms with Crippen LogP contribution in [0.4, 0.5) is 0 Å². The predicted octanol–water partition coefficient (Wildman–Crippen LogP) is 4.62. The van der Waals surface area contributed by atoms with Crippen LogP contribution in [0.15, 0.2) is 60.7 Å². The number of rotatable bonds is 8. The predicted molar refractivity (Wildman–Crippen MR) is 91.6 cm³/mol. The SMILES string of the molecule is CCC(Cc1ccccc1)NC(C)CCc1ccccc1. The topological polar surface area (TPSA) is 12.0 Å². The Bertz CT molecular complexity index is 492. The van der Waals surface area contributed by atoms with Gasteiger partial charge < -0.3 is 5.32 Å². The molecule has 0 amide bonds. The summed E-state index contributed by atoms with van der Waals surface area (Å²) < 4.78 is 0. The molecule has 0 saturated heterocycles. The Labute approximate surface area is 129 Å². The van der Waals surface area contributed by atoms with Crippen molar-refractivity contribution in [3.8, 4) is 0 Å². The summed E-state index contributed by atoms with van der Waals surface area (Å²) in [6.45, 7) is 4.57. The lowest BCUT2D eigenvalue weighted by Gasteiger charge is -2.22. The highest BCUT2D eigenvalue weighted by molar-refractivity contribution is 5.16. The van der Waals surface area contributed by atoms with Crippen LogP contribution in [0, 0.1) is 0 Å². The molecule has 1 nitrogen and oxygen atoms in total. The zero-order chi connectivity index (χ0) is 14.9. The molecule has 0 aromatic heterocycles. The summed E-state index contributed by atoms with van der Waals surface area (Å²) in [6.07, 6.45) is 4.63. The lowest BCUT2D eigenvalue weighted by atomic mass is 10.0. The van der Waals surface area contributed by atoms with Crippen LogP contribution in [0.5, 0.6) is 0 Å². The molecule has 0 saturated carbocycles. The van der Waals surface area contributed by atoms with Gasteiger partial charge in [0.05, 0.1) is 0 Å². The van der Waals surface area contributed by atoms with E-state index in [-0.39, 0.29) is 0 Å². The average molecular weight is 281 g/mol. The first kappa shape index (κ1) is 15.8. The van der Waals surface area contributed by atoms with Gasteiger partial charge in [0.2, 0.25) is 0 Å². The second kappa shape index (κ2) is 8.63. The van der Waals surface area contributed by atoms with Crippen molar-refractivity contribution in [3.63, 3.8) is 0 Å².